The smallest absolute Gasteiger partial charge is 0.331 e. The molecule has 0 fully saturated rings. The maximum Gasteiger partial charge on any atom is 0.331 e. The number of nitrogens with one attached hydrogen (secondary N) is 1. The summed E-state index contributed by atoms with van der Waals surface area (Å²) in [4.78, 5) is 10.8. The van der Waals surface area contributed by atoms with Gasteiger partial charge in [0.15, 0.2) is 0 Å². The molecule has 0 bridgehead atoms. The van der Waals surface area contributed by atoms with E-state index in [2.05, 4.69) is 5.32 Å². The Balaban J connectivity index is 2.56. The molecule has 0 amide bonds. The Labute approximate surface area is 112 Å². The first-order valence-corrected chi connectivity index (χ1v) is 6.33. The third kappa shape index (κ3) is 4.51. The van der Waals surface area contributed by atoms with Crippen molar-refractivity contribution >= 4 is 17.6 Å². The fourth-order valence-corrected chi connectivity index (χ4v) is 1.83. The van der Waals surface area contributed by atoms with E-state index in [4.69, 9.17) is 16.7 Å². The highest BCUT2D eigenvalue weighted by atomic mass is 35.5. The van der Waals surface area contributed by atoms with Crippen LogP contribution in [0.4, 0.5) is 0 Å². The second-order valence-electron chi connectivity index (χ2n) is 4.07. The summed E-state index contributed by atoms with van der Waals surface area (Å²) in [5.41, 5.74) is 1.52. The van der Waals surface area contributed by atoms with E-state index in [0.717, 1.165) is 5.56 Å². The minimum Gasteiger partial charge on any atom is -0.478 e. The molecule has 1 aromatic rings. The van der Waals surface area contributed by atoms with E-state index < -0.39 is 5.97 Å². The summed E-state index contributed by atoms with van der Waals surface area (Å²) in [7, 11) is 0. The van der Waals surface area contributed by atoms with Crippen molar-refractivity contribution in [3.05, 3.63) is 46.5 Å². The van der Waals surface area contributed by atoms with E-state index >= 15 is 0 Å². The van der Waals surface area contributed by atoms with Crippen LogP contribution in [0.3, 0.4) is 0 Å². The van der Waals surface area contributed by atoms with Crippen LogP contribution in [-0.4, -0.2) is 17.6 Å². The number of aliphatic carboxylic acids is 1. The summed E-state index contributed by atoms with van der Waals surface area (Å²) in [5.74, 6) is -0.852. The molecule has 4 heteroatoms. The lowest BCUT2D eigenvalue weighted by molar-refractivity contribution is -0.132. The molecule has 0 aliphatic rings. The van der Waals surface area contributed by atoms with Crippen molar-refractivity contribution in [3.8, 4) is 0 Å². The summed E-state index contributed by atoms with van der Waals surface area (Å²) < 4.78 is 0. The summed E-state index contributed by atoms with van der Waals surface area (Å²) in [6, 6.07) is 7.76. The van der Waals surface area contributed by atoms with Crippen molar-refractivity contribution in [2.24, 2.45) is 0 Å². The molecule has 0 spiro atoms. The molecule has 98 valence electrons. The second kappa shape index (κ2) is 7.19. The van der Waals surface area contributed by atoms with Gasteiger partial charge in [0, 0.05) is 23.2 Å². The molecule has 3 nitrogen and oxygen atoms in total. The number of hydrogen-bond acceptors (Lipinski definition) is 2. The molecule has 0 aromatic heterocycles. The first kappa shape index (κ1) is 14.7. The average molecular weight is 268 g/mol. The summed E-state index contributed by atoms with van der Waals surface area (Å²) in [5, 5.41) is 12.8. The zero-order valence-corrected chi connectivity index (χ0v) is 11.4. The lowest BCUT2D eigenvalue weighted by Gasteiger charge is -2.13. The third-order valence-corrected chi connectivity index (χ3v) is 3.01. The highest BCUT2D eigenvalue weighted by molar-refractivity contribution is 6.30. The van der Waals surface area contributed by atoms with Crippen molar-refractivity contribution in [1.82, 2.24) is 5.32 Å². The molecule has 0 aliphatic carbocycles. The van der Waals surface area contributed by atoms with E-state index in [1.54, 1.807) is 6.08 Å². The highest BCUT2D eigenvalue weighted by Crippen LogP contribution is 2.17. The molecule has 0 unspecified atom stereocenters. The molecule has 2 N–H and O–H groups in total. The Morgan fingerprint density at radius 3 is 2.83 bits per heavy atom. The van der Waals surface area contributed by atoms with Gasteiger partial charge in [0.2, 0.25) is 0 Å². The van der Waals surface area contributed by atoms with Crippen LogP contribution in [0.2, 0.25) is 5.02 Å². The van der Waals surface area contributed by atoms with Crippen LogP contribution in [0.1, 0.15) is 31.9 Å². The predicted octanol–water partition coefficient (Wildman–Crippen LogP) is 3.41. The van der Waals surface area contributed by atoms with Crippen LogP contribution < -0.4 is 5.32 Å². The van der Waals surface area contributed by atoms with E-state index in [0.29, 0.717) is 23.6 Å². The molecule has 0 saturated heterocycles. The quantitative estimate of drug-likeness (QED) is 0.777. The van der Waals surface area contributed by atoms with Crippen molar-refractivity contribution < 1.29 is 9.90 Å². The van der Waals surface area contributed by atoms with Gasteiger partial charge in [0.25, 0.3) is 0 Å². The zero-order chi connectivity index (χ0) is 13.5. The average Bonchev–Trinajstić information content (AvgIpc) is 2.34. The molecule has 1 aromatic carbocycles. The lowest BCUT2D eigenvalue weighted by atomic mass is 10.1. The first-order valence-electron chi connectivity index (χ1n) is 5.95. The number of carboxylic acid groups (broad SMARTS) is 1. The van der Waals surface area contributed by atoms with Crippen molar-refractivity contribution in [3.63, 3.8) is 0 Å². The van der Waals surface area contributed by atoms with Crippen molar-refractivity contribution in [2.45, 2.75) is 26.3 Å². The molecular weight excluding hydrogens is 250 g/mol. The molecule has 1 rings (SSSR count). The monoisotopic (exact) mass is 267 g/mol. The molecule has 0 radical (unpaired) electrons. The summed E-state index contributed by atoms with van der Waals surface area (Å²) >= 11 is 5.92. The van der Waals surface area contributed by atoms with Gasteiger partial charge in [0.05, 0.1) is 0 Å². The van der Waals surface area contributed by atoms with Crippen LogP contribution in [0.25, 0.3) is 0 Å². The van der Waals surface area contributed by atoms with Crippen molar-refractivity contribution in [2.75, 3.05) is 6.54 Å². The van der Waals surface area contributed by atoms with Crippen LogP contribution in [0.15, 0.2) is 35.9 Å². The standard InChI is InChI=1S/C14H18ClNO2/c1-3-11(14(17)18)7-8-16-10(2)12-5-4-6-13(15)9-12/h4-7,9-10,16H,3,8H2,1-2H3,(H,17,18)/b11-7-/t10-/m0/s1. The largest absolute Gasteiger partial charge is 0.478 e. The number of carbonyl (C=O) groups is 1. The summed E-state index contributed by atoms with van der Waals surface area (Å²) in [6.45, 7) is 4.38. The van der Waals surface area contributed by atoms with Crippen LogP contribution >= 0.6 is 11.6 Å². The van der Waals surface area contributed by atoms with Gasteiger partial charge in [-0.15, -0.1) is 0 Å². The number of halogens is 1. The van der Waals surface area contributed by atoms with Gasteiger partial charge in [-0.2, -0.15) is 0 Å². The zero-order valence-electron chi connectivity index (χ0n) is 10.6. The molecule has 18 heavy (non-hydrogen) atoms. The maximum atomic E-state index is 10.8. The highest BCUT2D eigenvalue weighted by Gasteiger charge is 2.06. The minimum atomic E-state index is -0.852. The SMILES string of the molecule is CC/C(=C/CN[C@@H](C)c1cccc(Cl)c1)C(=O)O. The van der Waals surface area contributed by atoms with E-state index in [-0.39, 0.29) is 6.04 Å². The lowest BCUT2D eigenvalue weighted by Crippen LogP contribution is -2.19. The normalized spacial score (nSPS) is 13.4. The Morgan fingerprint density at radius 1 is 1.56 bits per heavy atom. The predicted molar refractivity (Wildman–Crippen MR) is 73.9 cm³/mol. The molecule has 1 atom stereocenters. The van der Waals surface area contributed by atoms with E-state index in [1.165, 1.54) is 0 Å². The van der Waals surface area contributed by atoms with Gasteiger partial charge < -0.3 is 10.4 Å². The third-order valence-electron chi connectivity index (χ3n) is 2.78. The number of rotatable bonds is 6. The fourth-order valence-electron chi connectivity index (χ4n) is 1.64. The number of benzene rings is 1. The molecule has 0 saturated carbocycles. The Kier molecular flexibility index (Phi) is 5.89. The van der Waals surface area contributed by atoms with Gasteiger partial charge in [0.1, 0.15) is 0 Å². The minimum absolute atomic E-state index is 0.131. The van der Waals surface area contributed by atoms with Gasteiger partial charge in [-0.05, 0) is 31.0 Å². The topological polar surface area (TPSA) is 49.3 Å². The van der Waals surface area contributed by atoms with E-state index in [1.807, 2.05) is 38.1 Å². The Bertz CT molecular complexity index is 443. The fraction of sp³-hybridized carbons (Fsp3) is 0.357. The Morgan fingerprint density at radius 2 is 2.28 bits per heavy atom. The maximum absolute atomic E-state index is 10.8. The molecule has 0 heterocycles. The van der Waals surface area contributed by atoms with Gasteiger partial charge in [-0.3, -0.25) is 0 Å². The van der Waals surface area contributed by atoms with Gasteiger partial charge >= 0.3 is 5.97 Å². The van der Waals surface area contributed by atoms with E-state index in [9.17, 15) is 4.79 Å². The van der Waals surface area contributed by atoms with Crippen LogP contribution in [0.5, 0.6) is 0 Å². The number of carboxylic acids is 1. The van der Waals surface area contributed by atoms with Crippen LogP contribution in [-0.2, 0) is 4.79 Å². The molecule has 0 aliphatic heterocycles. The summed E-state index contributed by atoms with van der Waals surface area (Å²) in [6.07, 6.45) is 2.24. The van der Waals surface area contributed by atoms with Crippen LogP contribution in [0, 0.1) is 0 Å². The molecular formula is C14H18ClNO2. The Hall–Kier alpha value is -1.32. The van der Waals surface area contributed by atoms with Crippen molar-refractivity contribution in [1.29, 1.82) is 0 Å². The first-order chi connectivity index (χ1) is 8.54. The second-order valence-corrected chi connectivity index (χ2v) is 4.51. The van der Waals surface area contributed by atoms with Gasteiger partial charge in [-0.1, -0.05) is 36.7 Å². The van der Waals surface area contributed by atoms with Gasteiger partial charge in [-0.25, -0.2) is 4.79 Å². The number of hydrogen-bond donors (Lipinski definition) is 2.